The summed E-state index contributed by atoms with van der Waals surface area (Å²) in [7, 11) is 0. The van der Waals surface area contributed by atoms with Crippen LogP contribution in [0.3, 0.4) is 0 Å². The molecule has 0 aromatic carbocycles. The summed E-state index contributed by atoms with van der Waals surface area (Å²) < 4.78 is 6.48. The number of nitrogens with zero attached hydrogens (tertiary/aromatic N) is 4. The van der Waals surface area contributed by atoms with Gasteiger partial charge in [0.25, 0.3) is 0 Å². The Labute approximate surface area is 98.5 Å². The van der Waals surface area contributed by atoms with Crippen LogP contribution < -0.4 is 0 Å². The van der Waals surface area contributed by atoms with Gasteiger partial charge in [-0.3, -0.25) is 4.57 Å². The molecular formula is C11H14N4S. The van der Waals surface area contributed by atoms with Gasteiger partial charge in [0.15, 0.2) is 0 Å². The van der Waals surface area contributed by atoms with Gasteiger partial charge in [-0.25, -0.2) is 9.97 Å². The normalized spacial score (nSPS) is 15.6. The van der Waals surface area contributed by atoms with Crippen LogP contribution in [0.5, 0.6) is 0 Å². The monoisotopic (exact) mass is 234 g/mol. The third-order valence-corrected chi connectivity index (χ3v) is 3.50. The Bertz CT molecular complexity index is 484. The van der Waals surface area contributed by atoms with Gasteiger partial charge in [-0.15, -0.1) is 0 Å². The summed E-state index contributed by atoms with van der Waals surface area (Å²) in [6, 6.07) is 0. The summed E-state index contributed by atoms with van der Waals surface area (Å²) in [4.78, 5) is 8.94. The van der Waals surface area contributed by atoms with Crippen LogP contribution in [-0.2, 0) is 6.42 Å². The molecule has 0 unspecified atom stereocenters. The molecule has 1 fully saturated rings. The highest BCUT2D eigenvalue weighted by Gasteiger charge is 2.28. The lowest BCUT2D eigenvalue weighted by atomic mass is 10.3. The Morgan fingerprint density at radius 2 is 2.38 bits per heavy atom. The number of imidazole rings is 1. The fraction of sp³-hybridized carbons (Fsp3) is 0.545. The maximum atomic E-state index is 4.59. The molecule has 5 heteroatoms. The van der Waals surface area contributed by atoms with E-state index < -0.39 is 0 Å². The van der Waals surface area contributed by atoms with Crippen LogP contribution in [0, 0.1) is 0 Å². The SMILES string of the molecule is CCCc1nccn1-c1nc(C2CC2)ns1. The average Bonchev–Trinajstić information content (AvgIpc) is 2.85. The Balaban J connectivity index is 1.91. The van der Waals surface area contributed by atoms with Crippen molar-refractivity contribution in [3.8, 4) is 5.13 Å². The third kappa shape index (κ3) is 1.75. The lowest BCUT2D eigenvalue weighted by Crippen LogP contribution is -1.99. The van der Waals surface area contributed by atoms with Gasteiger partial charge in [0, 0.05) is 36.3 Å². The van der Waals surface area contributed by atoms with E-state index in [1.165, 1.54) is 24.4 Å². The first-order valence-electron chi connectivity index (χ1n) is 5.74. The molecular weight excluding hydrogens is 220 g/mol. The summed E-state index contributed by atoms with van der Waals surface area (Å²) >= 11 is 1.48. The predicted molar refractivity (Wildman–Crippen MR) is 63.0 cm³/mol. The molecule has 0 spiro atoms. The van der Waals surface area contributed by atoms with E-state index >= 15 is 0 Å². The summed E-state index contributed by atoms with van der Waals surface area (Å²) in [5.41, 5.74) is 0. The van der Waals surface area contributed by atoms with Crippen LogP contribution in [0.25, 0.3) is 5.13 Å². The largest absolute Gasteiger partial charge is 0.278 e. The Morgan fingerprint density at radius 1 is 1.50 bits per heavy atom. The second-order valence-corrected chi connectivity index (χ2v) is 4.90. The van der Waals surface area contributed by atoms with Crippen molar-refractivity contribution >= 4 is 11.5 Å². The standard InChI is InChI=1S/C11H14N4S/c1-2-3-9-12-6-7-15(9)11-13-10(14-16-11)8-4-5-8/h6-8H,2-5H2,1H3. The fourth-order valence-electron chi connectivity index (χ4n) is 1.75. The van der Waals surface area contributed by atoms with Crippen LogP contribution in [-0.4, -0.2) is 18.9 Å². The Kier molecular flexibility index (Phi) is 2.47. The van der Waals surface area contributed by atoms with Crippen LogP contribution in [0.15, 0.2) is 12.4 Å². The van der Waals surface area contributed by atoms with Crippen molar-refractivity contribution in [2.75, 3.05) is 0 Å². The molecule has 1 aliphatic rings. The number of aryl methyl sites for hydroxylation is 1. The first-order chi connectivity index (χ1) is 7.88. The van der Waals surface area contributed by atoms with Crippen LogP contribution in [0.2, 0.25) is 0 Å². The van der Waals surface area contributed by atoms with Crippen LogP contribution >= 0.6 is 11.5 Å². The molecule has 0 bridgehead atoms. The van der Waals surface area contributed by atoms with E-state index in [0.717, 1.165) is 29.6 Å². The van der Waals surface area contributed by atoms with Gasteiger partial charge >= 0.3 is 0 Å². The molecule has 84 valence electrons. The molecule has 0 aliphatic heterocycles. The maximum Gasteiger partial charge on any atom is 0.214 e. The summed E-state index contributed by atoms with van der Waals surface area (Å²) in [6.45, 7) is 2.16. The van der Waals surface area contributed by atoms with Gasteiger partial charge in [-0.1, -0.05) is 6.92 Å². The lowest BCUT2D eigenvalue weighted by molar-refractivity contribution is 0.802. The van der Waals surface area contributed by atoms with Crippen molar-refractivity contribution in [1.29, 1.82) is 0 Å². The van der Waals surface area contributed by atoms with E-state index in [-0.39, 0.29) is 0 Å². The average molecular weight is 234 g/mol. The first-order valence-corrected chi connectivity index (χ1v) is 6.52. The molecule has 4 nitrogen and oxygen atoms in total. The highest BCUT2D eigenvalue weighted by atomic mass is 32.1. The highest BCUT2D eigenvalue weighted by molar-refractivity contribution is 7.08. The minimum absolute atomic E-state index is 0.628. The quantitative estimate of drug-likeness (QED) is 0.816. The van der Waals surface area contributed by atoms with Gasteiger partial charge in [0.1, 0.15) is 11.6 Å². The molecule has 0 atom stereocenters. The molecule has 0 amide bonds. The molecule has 0 saturated heterocycles. The molecule has 3 rings (SSSR count). The molecule has 2 aromatic heterocycles. The van der Waals surface area contributed by atoms with Crippen LogP contribution in [0.1, 0.15) is 43.8 Å². The first kappa shape index (κ1) is 9.96. The van der Waals surface area contributed by atoms with Crippen molar-refractivity contribution in [2.24, 2.45) is 0 Å². The van der Waals surface area contributed by atoms with Crippen molar-refractivity contribution in [2.45, 2.75) is 38.5 Å². The molecule has 2 aromatic rings. The van der Waals surface area contributed by atoms with Gasteiger partial charge in [0.05, 0.1) is 0 Å². The van der Waals surface area contributed by atoms with Crippen molar-refractivity contribution in [3.63, 3.8) is 0 Å². The van der Waals surface area contributed by atoms with Crippen LogP contribution in [0.4, 0.5) is 0 Å². The molecule has 0 radical (unpaired) electrons. The fourth-order valence-corrected chi connectivity index (χ4v) is 2.50. The van der Waals surface area contributed by atoms with Gasteiger partial charge in [-0.05, 0) is 19.3 Å². The topological polar surface area (TPSA) is 43.6 Å². The van der Waals surface area contributed by atoms with E-state index in [4.69, 9.17) is 0 Å². The zero-order valence-corrected chi connectivity index (χ0v) is 10.1. The lowest BCUT2D eigenvalue weighted by Gasteiger charge is -2.00. The summed E-state index contributed by atoms with van der Waals surface area (Å²) in [5, 5.41) is 0.961. The van der Waals surface area contributed by atoms with Crippen molar-refractivity contribution < 1.29 is 0 Å². The second kappa shape index (κ2) is 3.97. The molecule has 1 aliphatic carbocycles. The zero-order chi connectivity index (χ0) is 11.0. The second-order valence-electron chi connectivity index (χ2n) is 4.17. The number of rotatable bonds is 4. The van der Waals surface area contributed by atoms with E-state index in [1.807, 2.05) is 12.4 Å². The molecule has 16 heavy (non-hydrogen) atoms. The van der Waals surface area contributed by atoms with E-state index in [2.05, 4.69) is 25.8 Å². The number of aromatic nitrogens is 4. The third-order valence-electron chi connectivity index (χ3n) is 2.77. The summed E-state index contributed by atoms with van der Waals surface area (Å²) in [6.07, 6.45) is 8.41. The highest BCUT2D eigenvalue weighted by Crippen LogP contribution is 2.39. The van der Waals surface area contributed by atoms with Gasteiger partial charge < -0.3 is 0 Å². The molecule has 0 N–H and O–H groups in total. The van der Waals surface area contributed by atoms with E-state index in [1.54, 1.807) is 0 Å². The van der Waals surface area contributed by atoms with Crippen molar-refractivity contribution in [1.82, 2.24) is 18.9 Å². The number of hydrogen-bond donors (Lipinski definition) is 0. The number of hydrogen-bond acceptors (Lipinski definition) is 4. The molecule has 1 saturated carbocycles. The van der Waals surface area contributed by atoms with Gasteiger partial charge in [-0.2, -0.15) is 4.37 Å². The Morgan fingerprint density at radius 3 is 3.12 bits per heavy atom. The minimum Gasteiger partial charge on any atom is -0.278 e. The minimum atomic E-state index is 0.628. The maximum absolute atomic E-state index is 4.59. The van der Waals surface area contributed by atoms with Crippen molar-refractivity contribution in [3.05, 3.63) is 24.0 Å². The van der Waals surface area contributed by atoms with Gasteiger partial charge in [0.2, 0.25) is 5.13 Å². The Hall–Kier alpha value is -1.23. The predicted octanol–water partition coefficient (Wildman–Crippen LogP) is 2.55. The molecule has 2 heterocycles. The summed E-state index contributed by atoms with van der Waals surface area (Å²) in [5.74, 6) is 2.74. The smallest absolute Gasteiger partial charge is 0.214 e. The van der Waals surface area contributed by atoms with E-state index in [9.17, 15) is 0 Å². The zero-order valence-electron chi connectivity index (χ0n) is 9.26. The van der Waals surface area contributed by atoms with E-state index in [0.29, 0.717) is 5.92 Å².